The second-order valence-corrected chi connectivity index (χ2v) is 6.21. The maximum absolute atomic E-state index is 11.6. The maximum Gasteiger partial charge on any atom is 0.337 e. The monoisotopic (exact) mass is 349 g/mol. The van der Waals surface area contributed by atoms with E-state index in [1.807, 2.05) is 36.4 Å². The van der Waals surface area contributed by atoms with Gasteiger partial charge in [-0.05, 0) is 48.2 Å². The summed E-state index contributed by atoms with van der Waals surface area (Å²) in [4.78, 5) is 11.6. The summed E-state index contributed by atoms with van der Waals surface area (Å²) >= 11 is 0. The van der Waals surface area contributed by atoms with E-state index in [1.54, 1.807) is 6.07 Å². The Morgan fingerprint density at radius 1 is 1.04 bits per heavy atom. The molecule has 1 heterocycles. The largest absolute Gasteiger partial charge is 0.486 e. The fraction of sp³-hybridized carbons (Fsp3) is 0.190. The highest BCUT2D eigenvalue weighted by Crippen LogP contribution is 2.35. The molecular weight excluding hydrogens is 330 g/mol. The van der Waals surface area contributed by atoms with Crippen LogP contribution >= 0.6 is 0 Å². The normalized spacial score (nSPS) is 15.3. The first-order valence-electron chi connectivity index (χ1n) is 8.61. The molecule has 2 N–H and O–H groups in total. The van der Waals surface area contributed by atoms with Gasteiger partial charge in [0.05, 0.1) is 11.3 Å². The summed E-state index contributed by atoms with van der Waals surface area (Å²) in [6, 6.07) is 10.9. The third kappa shape index (κ3) is 3.28. The van der Waals surface area contributed by atoms with Gasteiger partial charge in [0.25, 0.3) is 0 Å². The lowest BCUT2D eigenvalue weighted by atomic mass is 9.95. The van der Waals surface area contributed by atoms with Crippen molar-refractivity contribution in [2.24, 2.45) is 0 Å². The standard InChI is InChI=1S/C21H19NO4/c23-21(24)17-8-6-15(14-4-2-1-3-5-14)12-18(17)22-16-7-9-19-20(13-16)26-11-10-25-19/h1-2,4,6-9,12-13,22H,3,5,10-11H2,(H,23,24). The highest BCUT2D eigenvalue weighted by molar-refractivity contribution is 5.96. The van der Waals surface area contributed by atoms with Gasteiger partial charge in [-0.25, -0.2) is 4.79 Å². The third-order valence-electron chi connectivity index (χ3n) is 4.46. The van der Waals surface area contributed by atoms with Crippen LogP contribution in [0.5, 0.6) is 11.5 Å². The summed E-state index contributed by atoms with van der Waals surface area (Å²) in [5, 5.41) is 12.7. The van der Waals surface area contributed by atoms with Gasteiger partial charge < -0.3 is 19.9 Å². The predicted octanol–water partition coefficient (Wildman–Crippen LogP) is 4.63. The number of anilines is 2. The fourth-order valence-electron chi connectivity index (χ4n) is 3.15. The van der Waals surface area contributed by atoms with Crippen LogP contribution in [0, 0.1) is 0 Å². The van der Waals surface area contributed by atoms with Crippen LogP contribution in [0.15, 0.2) is 54.6 Å². The Balaban J connectivity index is 1.68. The number of carbonyl (C=O) groups is 1. The SMILES string of the molecule is O=C(O)c1ccc(C2=CC=CCC2)cc1Nc1ccc2c(c1)OCCO2. The minimum absolute atomic E-state index is 0.232. The first-order valence-corrected chi connectivity index (χ1v) is 8.61. The minimum Gasteiger partial charge on any atom is -0.486 e. The number of nitrogens with one attached hydrogen (secondary N) is 1. The van der Waals surface area contributed by atoms with Crippen LogP contribution in [-0.2, 0) is 0 Å². The summed E-state index contributed by atoms with van der Waals surface area (Å²) in [6.07, 6.45) is 8.19. The zero-order valence-electron chi connectivity index (χ0n) is 14.2. The first kappa shape index (κ1) is 16.3. The molecule has 0 radical (unpaired) electrons. The van der Waals surface area contributed by atoms with E-state index in [1.165, 1.54) is 5.57 Å². The average molecular weight is 349 g/mol. The van der Waals surface area contributed by atoms with E-state index in [9.17, 15) is 9.90 Å². The van der Waals surface area contributed by atoms with E-state index in [-0.39, 0.29) is 5.56 Å². The Labute approximate surface area is 151 Å². The van der Waals surface area contributed by atoms with E-state index in [0.29, 0.717) is 30.4 Å². The van der Waals surface area contributed by atoms with Crippen LogP contribution in [0.1, 0.15) is 28.8 Å². The molecule has 2 aliphatic rings. The molecule has 1 aliphatic carbocycles. The van der Waals surface area contributed by atoms with Crippen molar-refractivity contribution in [2.75, 3.05) is 18.5 Å². The van der Waals surface area contributed by atoms with E-state index in [4.69, 9.17) is 9.47 Å². The lowest BCUT2D eigenvalue weighted by Gasteiger charge is -2.20. The number of hydrogen-bond acceptors (Lipinski definition) is 4. The Morgan fingerprint density at radius 3 is 2.65 bits per heavy atom. The molecule has 26 heavy (non-hydrogen) atoms. The number of carboxylic acids is 1. The van der Waals surface area contributed by atoms with Gasteiger partial charge in [0.2, 0.25) is 0 Å². The van der Waals surface area contributed by atoms with Gasteiger partial charge in [-0.3, -0.25) is 0 Å². The smallest absolute Gasteiger partial charge is 0.337 e. The van der Waals surface area contributed by atoms with Crippen LogP contribution in [0.2, 0.25) is 0 Å². The zero-order valence-corrected chi connectivity index (χ0v) is 14.2. The molecule has 0 saturated carbocycles. The minimum atomic E-state index is -0.964. The van der Waals surface area contributed by atoms with Crippen molar-refractivity contribution < 1.29 is 19.4 Å². The molecule has 5 heteroatoms. The second kappa shape index (κ2) is 6.96. The first-order chi connectivity index (χ1) is 12.7. The second-order valence-electron chi connectivity index (χ2n) is 6.21. The van der Waals surface area contributed by atoms with Gasteiger partial charge >= 0.3 is 5.97 Å². The maximum atomic E-state index is 11.6. The van der Waals surface area contributed by atoms with Gasteiger partial charge in [-0.1, -0.05) is 24.3 Å². The van der Waals surface area contributed by atoms with E-state index >= 15 is 0 Å². The van der Waals surface area contributed by atoms with E-state index in [2.05, 4.69) is 17.5 Å². The molecule has 0 unspecified atom stereocenters. The number of hydrogen-bond donors (Lipinski definition) is 2. The quantitative estimate of drug-likeness (QED) is 0.842. The van der Waals surface area contributed by atoms with Crippen molar-refractivity contribution in [1.82, 2.24) is 0 Å². The number of aromatic carboxylic acids is 1. The Morgan fingerprint density at radius 2 is 1.88 bits per heavy atom. The van der Waals surface area contributed by atoms with Gasteiger partial charge in [0.1, 0.15) is 13.2 Å². The Bertz CT molecular complexity index is 914. The highest BCUT2D eigenvalue weighted by atomic mass is 16.6. The molecule has 0 amide bonds. The highest BCUT2D eigenvalue weighted by Gasteiger charge is 2.15. The Kier molecular flexibility index (Phi) is 4.35. The van der Waals surface area contributed by atoms with Gasteiger partial charge in [0, 0.05) is 11.8 Å². The molecule has 2 aromatic rings. The van der Waals surface area contributed by atoms with Crippen molar-refractivity contribution in [3.8, 4) is 11.5 Å². The third-order valence-corrected chi connectivity index (χ3v) is 4.46. The number of rotatable bonds is 4. The summed E-state index contributed by atoms with van der Waals surface area (Å²) in [5.74, 6) is 0.400. The molecule has 0 bridgehead atoms. The van der Waals surface area contributed by atoms with Crippen LogP contribution in [0.25, 0.3) is 5.57 Å². The molecule has 132 valence electrons. The number of benzene rings is 2. The Hall–Kier alpha value is -3.21. The molecule has 0 aromatic heterocycles. The van der Waals surface area contributed by atoms with Crippen LogP contribution < -0.4 is 14.8 Å². The van der Waals surface area contributed by atoms with Gasteiger partial charge in [-0.2, -0.15) is 0 Å². The summed E-state index contributed by atoms with van der Waals surface area (Å²) in [6.45, 7) is 1.04. The molecule has 5 nitrogen and oxygen atoms in total. The molecule has 0 fully saturated rings. The van der Waals surface area contributed by atoms with Crippen molar-refractivity contribution in [3.05, 3.63) is 65.8 Å². The van der Waals surface area contributed by atoms with E-state index < -0.39 is 5.97 Å². The number of ether oxygens (including phenoxy) is 2. The lowest BCUT2D eigenvalue weighted by molar-refractivity contribution is 0.0698. The van der Waals surface area contributed by atoms with Gasteiger partial charge in [-0.15, -0.1) is 0 Å². The van der Waals surface area contributed by atoms with Crippen LogP contribution in [-0.4, -0.2) is 24.3 Å². The van der Waals surface area contributed by atoms with Crippen LogP contribution in [0.3, 0.4) is 0 Å². The van der Waals surface area contributed by atoms with Crippen molar-refractivity contribution in [2.45, 2.75) is 12.8 Å². The molecule has 0 spiro atoms. The topological polar surface area (TPSA) is 67.8 Å². The molecule has 2 aromatic carbocycles. The van der Waals surface area contributed by atoms with Crippen molar-refractivity contribution in [1.29, 1.82) is 0 Å². The molecule has 0 atom stereocenters. The summed E-state index contributed by atoms with van der Waals surface area (Å²) < 4.78 is 11.1. The number of fused-ring (bicyclic) bond motifs is 1. The van der Waals surface area contributed by atoms with E-state index in [0.717, 1.165) is 24.1 Å². The fourth-order valence-corrected chi connectivity index (χ4v) is 3.15. The lowest BCUT2D eigenvalue weighted by Crippen LogP contribution is -2.15. The van der Waals surface area contributed by atoms with Crippen molar-refractivity contribution in [3.63, 3.8) is 0 Å². The van der Waals surface area contributed by atoms with Crippen molar-refractivity contribution >= 4 is 22.9 Å². The van der Waals surface area contributed by atoms with Crippen LogP contribution in [0.4, 0.5) is 11.4 Å². The molecule has 0 saturated heterocycles. The summed E-state index contributed by atoms with van der Waals surface area (Å²) in [7, 11) is 0. The molecule has 4 rings (SSSR count). The number of carboxylic acid groups (broad SMARTS) is 1. The number of allylic oxidation sites excluding steroid dienone is 4. The summed E-state index contributed by atoms with van der Waals surface area (Å²) in [5.41, 5.74) is 3.78. The average Bonchev–Trinajstić information content (AvgIpc) is 2.68. The van der Waals surface area contributed by atoms with Gasteiger partial charge in [0.15, 0.2) is 11.5 Å². The molecule has 1 aliphatic heterocycles. The zero-order chi connectivity index (χ0) is 17.9. The molecular formula is C21H19NO4. The predicted molar refractivity (Wildman–Crippen MR) is 100 cm³/mol.